The number of amides is 1. The summed E-state index contributed by atoms with van der Waals surface area (Å²) in [5, 5.41) is 20.3. The molecular formula is C24H24Cl2N6O3. The van der Waals surface area contributed by atoms with Gasteiger partial charge in [-0.25, -0.2) is 9.78 Å². The van der Waals surface area contributed by atoms with Gasteiger partial charge in [0.2, 0.25) is 0 Å². The number of nitriles is 1. The van der Waals surface area contributed by atoms with Gasteiger partial charge in [-0.1, -0.05) is 37.0 Å². The second kappa shape index (κ2) is 9.36. The van der Waals surface area contributed by atoms with Gasteiger partial charge in [0.25, 0.3) is 5.56 Å². The smallest absolute Gasteiger partial charge is 0.407 e. The Morgan fingerprint density at radius 2 is 2.00 bits per heavy atom. The monoisotopic (exact) mass is 514 g/mol. The second-order valence-electron chi connectivity index (χ2n) is 8.90. The van der Waals surface area contributed by atoms with Gasteiger partial charge in [0, 0.05) is 37.3 Å². The van der Waals surface area contributed by atoms with Crippen LogP contribution in [0.2, 0.25) is 10.2 Å². The fraction of sp³-hybridized carbons (Fsp3) is 0.375. The molecule has 1 fully saturated rings. The molecule has 4 rings (SSSR count). The average molecular weight is 515 g/mol. The normalized spacial score (nSPS) is 16.1. The Labute approximate surface area is 212 Å². The summed E-state index contributed by atoms with van der Waals surface area (Å²) in [6.07, 6.45) is 0.670. The molecule has 182 valence electrons. The van der Waals surface area contributed by atoms with Crippen molar-refractivity contribution >= 4 is 46.0 Å². The maximum Gasteiger partial charge on any atom is 0.407 e. The number of aryl methyl sites for hydroxylation is 1. The third kappa shape index (κ3) is 4.17. The lowest BCUT2D eigenvalue weighted by molar-refractivity contribution is 0.136. The number of aromatic nitrogens is 3. The van der Waals surface area contributed by atoms with Gasteiger partial charge < -0.3 is 14.9 Å². The summed E-state index contributed by atoms with van der Waals surface area (Å²) in [5.74, 6) is -0.0102. The van der Waals surface area contributed by atoms with Crippen molar-refractivity contribution in [2.75, 3.05) is 24.5 Å². The zero-order chi connectivity index (χ0) is 25.6. The minimum Gasteiger partial charge on any atom is -0.465 e. The first kappa shape index (κ1) is 24.8. The molecule has 0 bridgehead atoms. The van der Waals surface area contributed by atoms with E-state index in [2.05, 4.69) is 16.0 Å². The zero-order valence-corrected chi connectivity index (χ0v) is 21.2. The van der Waals surface area contributed by atoms with E-state index in [0.29, 0.717) is 29.0 Å². The second-order valence-corrected chi connectivity index (χ2v) is 9.66. The molecule has 1 saturated heterocycles. The molecule has 0 aromatic carbocycles. The first-order valence-corrected chi connectivity index (χ1v) is 11.9. The van der Waals surface area contributed by atoms with Gasteiger partial charge in [-0.15, -0.1) is 0 Å². The molecule has 0 radical (unpaired) electrons. The minimum absolute atomic E-state index is 0.0102. The lowest BCUT2D eigenvalue weighted by atomic mass is 10.0. The molecule has 0 spiro atoms. The Bertz CT molecular complexity index is 1450. The van der Waals surface area contributed by atoms with E-state index in [4.69, 9.17) is 23.2 Å². The largest absolute Gasteiger partial charge is 0.465 e. The highest BCUT2D eigenvalue weighted by molar-refractivity contribution is 6.41. The van der Waals surface area contributed by atoms with E-state index in [0.717, 1.165) is 5.56 Å². The minimum atomic E-state index is -1.01. The number of carbonyl (C=O) groups is 1. The zero-order valence-electron chi connectivity index (χ0n) is 19.7. The van der Waals surface area contributed by atoms with Crippen LogP contribution in [0.15, 0.2) is 23.1 Å². The van der Waals surface area contributed by atoms with Crippen LogP contribution >= 0.6 is 23.2 Å². The van der Waals surface area contributed by atoms with Crippen LogP contribution < -0.4 is 10.5 Å². The standard InChI is InChI=1S/C24H24Cl2N6O3/c1-12(2)18-19(13(3)5-6-28-18)32-22-15(9-17(25)21(26)29-22)20(16(10-27)23(32)33)31-8-7-30(24(34)35)11-14(31)4/h5-6,9,12,14H,7-8,11H2,1-4H3,(H,34,35)/t14-/m0/s1. The van der Waals surface area contributed by atoms with Crippen LogP contribution in [0.5, 0.6) is 0 Å². The lowest BCUT2D eigenvalue weighted by Crippen LogP contribution is -2.54. The van der Waals surface area contributed by atoms with Gasteiger partial charge in [-0.2, -0.15) is 5.26 Å². The molecule has 3 aromatic heterocycles. The molecule has 0 unspecified atom stereocenters. The Kier molecular flexibility index (Phi) is 6.62. The summed E-state index contributed by atoms with van der Waals surface area (Å²) in [5.41, 5.74) is 2.03. The van der Waals surface area contributed by atoms with Gasteiger partial charge in [-0.3, -0.25) is 14.3 Å². The van der Waals surface area contributed by atoms with Gasteiger partial charge in [0.15, 0.2) is 5.65 Å². The summed E-state index contributed by atoms with van der Waals surface area (Å²) >= 11 is 12.7. The fourth-order valence-electron chi connectivity index (χ4n) is 4.60. The third-order valence-electron chi connectivity index (χ3n) is 6.26. The number of rotatable bonds is 3. The lowest BCUT2D eigenvalue weighted by Gasteiger charge is -2.40. The molecule has 1 N–H and O–H groups in total. The predicted molar refractivity (Wildman–Crippen MR) is 135 cm³/mol. The van der Waals surface area contributed by atoms with E-state index in [-0.39, 0.29) is 46.4 Å². The van der Waals surface area contributed by atoms with Crippen molar-refractivity contribution in [2.24, 2.45) is 0 Å². The Balaban J connectivity index is 2.11. The predicted octanol–water partition coefficient (Wildman–Crippen LogP) is 4.58. The van der Waals surface area contributed by atoms with Gasteiger partial charge in [0.05, 0.1) is 22.1 Å². The first-order valence-electron chi connectivity index (χ1n) is 11.1. The molecule has 11 heteroatoms. The molecule has 1 atom stereocenters. The number of carboxylic acid groups (broad SMARTS) is 1. The van der Waals surface area contributed by atoms with E-state index >= 15 is 0 Å². The summed E-state index contributed by atoms with van der Waals surface area (Å²) in [4.78, 5) is 37.6. The Hall–Kier alpha value is -3.35. The number of halogens is 2. The highest BCUT2D eigenvalue weighted by atomic mass is 35.5. The summed E-state index contributed by atoms with van der Waals surface area (Å²) < 4.78 is 1.40. The molecule has 4 heterocycles. The average Bonchev–Trinajstić information content (AvgIpc) is 2.80. The highest BCUT2D eigenvalue weighted by Gasteiger charge is 2.32. The number of fused-ring (bicyclic) bond motifs is 1. The maximum atomic E-state index is 13.9. The molecule has 9 nitrogen and oxygen atoms in total. The topological polar surface area (TPSA) is 115 Å². The van der Waals surface area contributed by atoms with E-state index in [1.165, 1.54) is 9.47 Å². The van der Waals surface area contributed by atoms with Crippen LogP contribution in [0.4, 0.5) is 10.5 Å². The van der Waals surface area contributed by atoms with Crippen molar-refractivity contribution in [1.82, 2.24) is 19.4 Å². The van der Waals surface area contributed by atoms with Gasteiger partial charge in [0.1, 0.15) is 16.8 Å². The Morgan fingerprint density at radius 1 is 1.29 bits per heavy atom. The molecule has 1 amide bonds. The van der Waals surface area contributed by atoms with E-state index in [9.17, 15) is 20.0 Å². The van der Waals surface area contributed by atoms with Crippen molar-refractivity contribution in [3.05, 3.63) is 55.7 Å². The molecular weight excluding hydrogens is 491 g/mol. The van der Waals surface area contributed by atoms with E-state index < -0.39 is 11.7 Å². The van der Waals surface area contributed by atoms with Crippen LogP contribution in [0.25, 0.3) is 16.7 Å². The summed E-state index contributed by atoms with van der Waals surface area (Å²) in [7, 11) is 0. The highest BCUT2D eigenvalue weighted by Crippen LogP contribution is 2.36. The molecule has 1 aliphatic heterocycles. The van der Waals surface area contributed by atoms with Crippen molar-refractivity contribution < 1.29 is 9.90 Å². The third-order valence-corrected chi connectivity index (χ3v) is 6.93. The van der Waals surface area contributed by atoms with Crippen molar-refractivity contribution in [3.63, 3.8) is 0 Å². The number of pyridine rings is 3. The SMILES string of the molecule is Cc1ccnc(C(C)C)c1-n1c(=O)c(C#N)c(N2CCN(C(=O)O)C[C@@H]2C)c2cc(Cl)c(Cl)nc21. The number of hydrogen-bond donors (Lipinski definition) is 1. The van der Waals surface area contributed by atoms with Crippen LogP contribution in [0.3, 0.4) is 0 Å². The van der Waals surface area contributed by atoms with Crippen molar-refractivity contribution in [1.29, 1.82) is 5.26 Å². The van der Waals surface area contributed by atoms with Crippen LogP contribution in [-0.2, 0) is 0 Å². The number of anilines is 1. The quantitative estimate of drug-likeness (QED) is 0.508. The first-order chi connectivity index (χ1) is 16.6. The molecule has 1 aliphatic rings. The van der Waals surface area contributed by atoms with Crippen LogP contribution in [0, 0.1) is 18.3 Å². The molecule has 3 aromatic rings. The molecule has 35 heavy (non-hydrogen) atoms. The van der Waals surface area contributed by atoms with E-state index in [1.807, 2.05) is 32.6 Å². The molecule has 0 aliphatic carbocycles. The Morgan fingerprint density at radius 3 is 2.60 bits per heavy atom. The van der Waals surface area contributed by atoms with Crippen LogP contribution in [-0.4, -0.2) is 56.3 Å². The van der Waals surface area contributed by atoms with Crippen molar-refractivity contribution in [3.8, 4) is 11.8 Å². The van der Waals surface area contributed by atoms with Gasteiger partial charge in [-0.05, 0) is 37.5 Å². The summed E-state index contributed by atoms with van der Waals surface area (Å²) in [6, 6.07) is 5.19. The number of piperazine rings is 1. The van der Waals surface area contributed by atoms with Crippen LogP contribution in [0.1, 0.15) is 43.5 Å². The van der Waals surface area contributed by atoms with Crippen molar-refractivity contribution in [2.45, 2.75) is 39.7 Å². The number of hydrogen-bond acceptors (Lipinski definition) is 6. The van der Waals surface area contributed by atoms with Gasteiger partial charge >= 0.3 is 6.09 Å². The fourth-order valence-corrected chi connectivity index (χ4v) is 4.89. The molecule has 0 saturated carbocycles. The number of nitrogens with zero attached hydrogens (tertiary/aromatic N) is 6. The summed E-state index contributed by atoms with van der Waals surface area (Å²) in [6.45, 7) is 8.40. The van der Waals surface area contributed by atoms with E-state index in [1.54, 1.807) is 18.3 Å². The maximum absolute atomic E-state index is 13.9.